The molecule has 0 aliphatic heterocycles. The van der Waals surface area contributed by atoms with Crippen molar-refractivity contribution < 1.29 is 13.7 Å². The van der Waals surface area contributed by atoms with Crippen LogP contribution >= 0.6 is 0 Å². The second-order valence-electron chi connectivity index (χ2n) is 2.10. The summed E-state index contributed by atoms with van der Waals surface area (Å²) in [6.45, 7) is 0. The van der Waals surface area contributed by atoms with Crippen molar-refractivity contribution in [2.45, 2.75) is 0 Å². The normalized spacial score (nSPS) is 10.0. The van der Waals surface area contributed by atoms with Gasteiger partial charge in [-0.2, -0.15) is 0 Å². The summed E-state index contributed by atoms with van der Waals surface area (Å²) in [5, 5.41) is 0. The van der Waals surface area contributed by atoms with Crippen LogP contribution in [0.1, 0.15) is 5.56 Å². The smallest absolute Gasteiger partial charge is 0.511 e. The molecule has 1 aromatic rings. The topological polar surface area (TPSA) is 46.5 Å². The molecule has 0 atom stereocenters. The summed E-state index contributed by atoms with van der Waals surface area (Å²) >= 11 is 0. The monoisotopic (exact) mass is 180 g/mol. The number of hydrogen-bond acceptors (Lipinski definition) is 2. The Labute approximate surface area is 71.8 Å². The van der Waals surface area contributed by atoms with Crippen molar-refractivity contribution in [2.24, 2.45) is 0 Å². The second kappa shape index (κ2) is 4.45. The van der Waals surface area contributed by atoms with Crippen molar-refractivity contribution in [2.75, 3.05) is 0 Å². The number of hydrogen-bond donors (Lipinski definition) is 1. The molecule has 0 aromatic heterocycles. The van der Waals surface area contributed by atoms with Gasteiger partial charge in [-0.15, -0.1) is 0 Å². The first-order valence-electron chi connectivity index (χ1n) is 3.40. The van der Waals surface area contributed by atoms with Crippen LogP contribution in [0.4, 0.5) is 0 Å². The highest BCUT2D eigenvalue weighted by Crippen LogP contribution is 2.00. The molecule has 0 fully saturated rings. The van der Waals surface area contributed by atoms with E-state index in [1.165, 1.54) is 6.26 Å². The molecule has 1 aromatic carbocycles. The van der Waals surface area contributed by atoms with E-state index in [0.29, 0.717) is 0 Å². The Morgan fingerprint density at radius 1 is 1.33 bits per heavy atom. The van der Waals surface area contributed by atoms with Gasteiger partial charge < -0.3 is 9.22 Å². The number of rotatable bonds is 3. The minimum atomic E-state index is -2.84. The fraction of sp³-hybridized carbons (Fsp3) is 0. The van der Waals surface area contributed by atoms with Gasteiger partial charge in [-0.1, -0.05) is 30.3 Å². The van der Waals surface area contributed by atoms with Gasteiger partial charge in [-0.05, 0) is 11.6 Å². The van der Waals surface area contributed by atoms with Crippen LogP contribution in [-0.2, 0) is 8.89 Å². The lowest BCUT2D eigenvalue weighted by molar-refractivity contribution is 0.307. The Balaban J connectivity index is 2.52. The molecular weight excluding hydrogens is 172 g/mol. The van der Waals surface area contributed by atoms with Crippen molar-refractivity contribution in [3.8, 4) is 0 Å². The zero-order valence-corrected chi connectivity index (χ0v) is 7.31. The Kier molecular flexibility index (Phi) is 3.22. The fourth-order valence-electron chi connectivity index (χ4n) is 0.735. The third kappa shape index (κ3) is 3.11. The van der Waals surface area contributed by atoms with E-state index >= 15 is 0 Å². The predicted molar refractivity (Wildman–Crippen MR) is 45.2 cm³/mol. The van der Waals surface area contributed by atoms with E-state index in [1.807, 2.05) is 30.3 Å². The molecule has 0 unspecified atom stereocenters. The van der Waals surface area contributed by atoms with Gasteiger partial charge in [0.2, 0.25) is 0 Å². The SMILES string of the molecule is O=[Si](O)OC=Cc1ccccc1. The molecule has 0 radical (unpaired) electrons. The van der Waals surface area contributed by atoms with Crippen molar-refractivity contribution >= 4 is 15.2 Å². The van der Waals surface area contributed by atoms with E-state index in [0.717, 1.165) is 5.56 Å². The molecule has 0 amide bonds. The first-order valence-corrected chi connectivity index (χ1v) is 4.66. The van der Waals surface area contributed by atoms with Gasteiger partial charge in [0.15, 0.2) is 0 Å². The zero-order valence-electron chi connectivity index (χ0n) is 6.31. The van der Waals surface area contributed by atoms with Crippen LogP contribution in [0, 0.1) is 0 Å². The number of benzene rings is 1. The maximum absolute atomic E-state index is 10.1. The Bertz CT molecular complexity index is 282. The summed E-state index contributed by atoms with van der Waals surface area (Å²) in [6.07, 6.45) is 2.84. The molecule has 0 bridgehead atoms. The Morgan fingerprint density at radius 3 is 2.58 bits per heavy atom. The summed E-state index contributed by atoms with van der Waals surface area (Å²) in [5.41, 5.74) is 0.931. The van der Waals surface area contributed by atoms with Crippen LogP contribution in [0.15, 0.2) is 36.6 Å². The lowest BCUT2D eigenvalue weighted by Gasteiger charge is -1.90. The summed E-state index contributed by atoms with van der Waals surface area (Å²) in [7, 11) is -2.84. The first kappa shape index (κ1) is 8.67. The molecule has 4 heteroatoms. The molecule has 1 N–H and O–H groups in total. The lowest BCUT2D eigenvalue weighted by Crippen LogP contribution is -1.98. The van der Waals surface area contributed by atoms with Gasteiger partial charge in [0.05, 0.1) is 6.26 Å². The molecule has 12 heavy (non-hydrogen) atoms. The molecule has 0 aliphatic rings. The second-order valence-corrected chi connectivity index (χ2v) is 2.86. The highest BCUT2D eigenvalue weighted by molar-refractivity contribution is 6.24. The zero-order chi connectivity index (χ0) is 8.81. The van der Waals surface area contributed by atoms with Crippen molar-refractivity contribution in [3.05, 3.63) is 42.2 Å². The van der Waals surface area contributed by atoms with E-state index in [-0.39, 0.29) is 0 Å². The molecule has 0 aliphatic carbocycles. The molecule has 0 saturated heterocycles. The predicted octanol–water partition coefficient (Wildman–Crippen LogP) is 1.08. The van der Waals surface area contributed by atoms with E-state index < -0.39 is 9.17 Å². The quantitative estimate of drug-likeness (QED) is 0.559. The highest BCUT2D eigenvalue weighted by atomic mass is 28.3. The van der Waals surface area contributed by atoms with Crippen LogP contribution < -0.4 is 0 Å². The fourth-order valence-corrected chi connectivity index (χ4v) is 0.919. The molecule has 0 heterocycles. The minimum absolute atomic E-state index is 0.931. The molecule has 0 saturated carbocycles. The van der Waals surface area contributed by atoms with Crippen molar-refractivity contribution in [1.29, 1.82) is 0 Å². The standard InChI is InChI=1S/C8H8O3Si/c9-12(10)11-7-6-8-4-2-1-3-5-8/h1-7,9H. The van der Waals surface area contributed by atoms with Gasteiger partial charge in [0, 0.05) is 0 Å². The van der Waals surface area contributed by atoms with Crippen LogP contribution in [0.25, 0.3) is 6.08 Å². The summed E-state index contributed by atoms with van der Waals surface area (Å²) in [6, 6.07) is 9.39. The maximum Gasteiger partial charge on any atom is 0.769 e. The van der Waals surface area contributed by atoms with E-state index in [1.54, 1.807) is 6.08 Å². The minimum Gasteiger partial charge on any atom is -0.511 e. The van der Waals surface area contributed by atoms with Crippen LogP contribution in [0.2, 0.25) is 0 Å². The molecule has 1 rings (SSSR count). The van der Waals surface area contributed by atoms with E-state index in [2.05, 4.69) is 4.43 Å². The summed E-state index contributed by atoms with van der Waals surface area (Å²) in [4.78, 5) is 8.30. The van der Waals surface area contributed by atoms with Gasteiger partial charge >= 0.3 is 9.17 Å². The Morgan fingerprint density at radius 2 is 2.00 bits per heavy atom. The van der Waals surface area contributed by atoms with E-state index in [9.17, 15) is 4.46 Å². The molecule has 62 valence electrons. The van der Waals surface area contributed by atoms with Gasteiger partial charge in [-0.3, -0.25) is 4.46 Å². The third-order valence-electron chi connectivity index (χ3n) is 1.23. The van der Waals surface area contributed by atoms with Crippen LogP contribution in [0.5, 0.6) is 0 Å². The van der Waals surface area contributed by atoms with Gasteiger partial charge in [0.1, 0.15) is 0 Å². The summed E-state index contributed by atoms with van der Waals surface area (Å²) < 4.78 is 14.5. The van der Waals surface area contributed by atoms with Crippen molar-refractivity contribution in [3.63, 3.8) is 0 Å². The largest absolute Gasteiger partial charge is 0.769 e. The highest BCUT2D eigenvalue weighted by Gasteiger charge is 1.97. The molecular formula is C8H8O3Si. The van der Waals surface area contributed by atoms with E-state index in [4.69, 9.17) is 4.80 Å². The van der Waals surface area contributed by atoms with Crippen molar-refractivity contribution in [1.82, 2.24) is 0 Å². The first-order chi connectivity index (χ1) is 5.79. The molecule has 3 nitrogen and oxygen atoms in total. The van der Waals surface area contributed by atoms with Gasteiger partial charge in [-0.25, -0.2) is 0 Å². The third-order valence-corrected chi connectivity index (χ3v) is 1.57. The van der Waals surface area contributed by atoms with Crippen LogP contribution in [0.3, 0.4) is 0 Å². The summed E-state index contributed by atoms with van der Waals surface area (Å²) in [5.74, 6) is 0. The molecule has 0 spiro atoms. The maximum atomic E-state index is 10.1. The van der Waals surface area contributed by atoms with Crippen LogP contribution in [-0.4, -0.2) is 14.0 Å². The van der Waals surface area contributed by atoms with Gasteiger partial charge in [0.25, 0.3) is 0 Å². The average Bonchev–Trinajstić information content (AvgIpc) is 2.05. The Hall–Kier alpha value is -1.42. The average molecular weight is 180 g/mol. The lowest BCUT2D eigenvalue weighted by atomic mass is 10.2.